The molecule has 18 heavy (non-hydrogen) atoms. The van der Waals surface area contributed by atoms with Crippen molar-refractivity contribution in [1.82, 2.24) is 20.1 Å². The lowest BCUT2D eigenvalue weighted by Crippen LogP contribution is -2.37. The van der Waals surface area contributed by atoms with Gasteiger partial charge in [0.1, 0.15) is 6.33 Å². The molecule has 0 saturated carbocycles. The molecule has 1 aromatic heterocycles. The van der Waals surface area contributed by atoms with Crippen LogP contribution in [0.5, 0.6) is 0 Å². The van der Waals surface area contributed by atoms with Gasteiger partial charge in [-0.05, 0) is 11.8 Å². The van der Waals surface area contributed by atoms with Crippen molar-refractivity contribution in [2.24, 2.45) is 24.1 Å². The SMILES string of the molecule is Cn1cnnc1CNC(=O)C(CN)CC(C)(C)C. The highest BCUT2D eigenvalue weighted by Crippen LogP contribution is 2.23. The fourth-order valence-corrected chi connectivity index (χ4v) is 1.80. The number of aryl methyl sites for hydroxylation is 1. The Kier molecular flexibility index (Phi) is 4.84. The molecule has 1 rings (SSSR count). The monoisotopic (exact) mass is 253 g/mol. The molecule has 0 bridgehead atoms. The van der Waals surface area contributed by atoms with Crippen LogP contribution in [0.2, 0.25) is 0 Å². The van der Waals surface area contributed by atoms with Gasteiger partial charge in [-0.3, -0.25) is 4.79 Å². The first-order valence-electron chi connectivity index (χ1n) is 6.14. The fraction of sp³-hybridized carbons (Fsp3) is 0.750. The van der Waals surface area contributed by atoms with Gasteiger partial charge in [-0.1, -0.05) is 20.8 Å². The minimum atomic E-state index is -0.154. The Morgan fingerprint density at radius 2 is 2.22 bits per heavy atom. The third-order valence-corrected chi connectivity index (χ3v) is 2.74. The van der Waals surface area contributed by atoms with Crippen molar-refractivity contribution in [3.05, 3.63) is 12.2 Å². The number of amides is 1. The van der Waals surface area contributed by atoms with E-state index in [1.807, 2.05) is 7.05 Å². The Morgan fingerprint density at radius 1 is 1.56 bits per heavy atom. The number of nitrogens with one attached hydrogen (secondary N) is 1. The molecule has 102 valence electrons. The van der Waals surface area contributed by atoms with Crippen molar-refractivity contribution in [3.8, 4) is 0 Å². The van der Waals surface area contributed by atoms with Crippen LogP contribution >= 0.6 is 0 Å². The minimum Gasteiger partial charge on any atom is -0.349 e. The van der Waals surface area contributed by atoms with E-state index in [0.29, 0.717) is 13.1 Å². The molecular weight excluding hydrogens is 230 g/mol. The van der Waals surface area contributed by atoms with Gasteiger partial charge >= 0.3 is 0 Å². The molecule has 1 atom stereocenters. The highest BCUT2D eigenvalue weighted by molar-refractivity contribution is 5.78. The molecule has 0 aliphatic carbocycles. The van der Waals surface area contributed by atoms with E-state index in [-0.39, 0.29) is 17.2 Å². The number of hydrogen-bond donors (Lipinski definition) is 2. The molecule has 0 aliphatic rings. The zero-order valence-corrected chi connectivity index (χ0v) is 11.6. The molecule has 1 unspecified atom stereocenters. The first-order valence-corrected chi connectivity index (χ1v) is 6.14. The van der Waals surface area contributed by atoms with Crippen molar-refractivity contribution in [3.63, 3.8) is 0 Å². The summed E-state index contributed by atoms with van der Waals surface area (Å²) in [6, 6.07) is 0. The van der Waals surface area contributed by atoms with Crippen LogP contribution in [0.25, 0.3) is 0 Å². The van der Waals surface area contributed by atoms with Crippen molar-refractivity contribution in [1.29, 1.82) is 0 Å². The molecule has 0 fully saturated rings. The van der Waals surface area contributed by atoms with E-state index in [1.165, 1.54) is 0 Å². The van der Waals surface area contributed by atoms with E-state index in [1.54, 1.807) is 10.9 Å². The fourth-order valence-electron chi connectivity index (χ4n) is 1.80. The lowest BCUT2D eigenvalue weighted by molar-refractivity contribution is -0.125. The molecule has 0 spiro atoms. The number of carbonyl (C=O) groups is 1. The number of nitrogens with two attached hydrogens (primary N) is 1. The Bertz CT molecular complexity index is 393. The molecule has 1 amide bonds. The highest BCUT2D eigenvalue weighted by atomic mass is 16.1. The van der Waals surface area contributed by atoms with Crippen LogP contribution < -0.4 is 11.1 Å². The number of nitrogens with zero attached hydrogens (tertiary/aromatic N) is 3. The van der Waals surface area contributed by atoms with Crippen LogP contribution in [0.15, 0.2) is 6.33 Å². The maximum atomic E-state index is 12.0. The molecule has 3 N–H and O–H groups in total. The summed E-state index contributed by atoms with van der Waals surface area (Å²) in [4.78, 5) is 12.0. The summed E-state index contributed by atoms with van der Waals surface area (Å²) < 4.78 is 1.78. The standard InChI is InChI=1S/C12H23N5O/c1-12(2,3)5-9(6-13)11(18)14-7-10-16-15-8-17(10)4/h8-9H,5-7,13H2,1-4H3,(H,14,18). The van der Waals surface area contributed by atoms with E-state index in [0.717, 1.165) is 12.2 Å². The number of rotatable bonds is 5. The van der Waals surface area contributed by atoms with Gasteiger partial charge in [0, 0.05) is 13.6 Å². The van der Waals surface area contributed by atoms with Gasteiger partial charge in [0.25, 0.3) is 0 Å². The largest absolute Gasteiger partial charge is 0.349 e. The highest BCUT2D eigenvalue weighted by Gasteiger charge is 2.23. The summed E-state index contributed by atoms with van der Waals surface area (Å²) in [6.07, 6.45) is 2.38. The van der Waals surface area contributed by atoms with Gasteiger partial charge in [0.05, 0.1) is 12.5 Å². The average Bonchev–Trinajstić information content (AvgIpc) is 2.67. The normalized spacial score (nSPS) is 13.4. The third-order valence-electron chi connectivity index (χ3n) is 2.74. The van der Waals surface area contributed by atoms with Crippen LogP contribution in [-0.4, -0.2) is 27.2 Å². The maximum Gasteiger partial charge on any atom is 0.224 e. The molecular formula is C12H23N5O. The van der Waals surface area contributed by atoms with Crippen LogP contribution in [0.4, 0.5) is 0 Å². The second kappa shape index (κ2) is 5.95. The zero-order valence-electron chi connectivity index (χ0n) is 11.6. The third kappa shape index (κ3) is 4.44. The lowest BCUT2D eigenvalue weighted by Gasteiger charge is -2.24. The molecule has 6 heteroatoms. The summed E-state index contributed by atoms with van der Waals surface area (Å²) in [6.45, 7) is 7.06. The minimum absolute atomic E-state index is 0.0181. The number of carbonyl (C=O) groups excluding carboxylic acids is 1. The molecule has 6 nitrogen and oxygen atoms in total. The van der Waals surface area contributed by atoms with E-state index in [2.05, 4.69) is 36.3 Å². The topological polar surface area (TPSA) is 85.8 Å². The summed E-state index contributed by atoms with van der Waals surface area (Å²) in [7, 11) is 1.84. The van der Waals surface area contributed by atoms with Gasteiger partial charge in [0.15, 0.2) is 5.82 Å². The second-order valence-corrected chi connectivity index (χ2v) is 5.77. The quantitative estimate of drug-likeness (QED) is 0.797. The van der Waals surface area contributed by atoms with E-state index >= 15 is 0 Å². The van der Waals surface area contributed by atoms with Crippen molar-refractivity contribution in [2.75, 3.05) is 6.54 Å². The maximum absolute atomic E-state index is 12.0. The first kappa shape index (κ1) is 14.6. The molecule has 0 aliphatic heterocycles. The smallest absolute Gasteiger partial charge is 0.224 e. The Labute approximate surface area is 108 Å². The predicted octanol–water partition coefficient (Wildman–Crippen LogP) is 0.442. The van der Waals surface area contributed by atoms with E-state index < -0.39 is 0 Å². The van der Waals surface area contributed by atoms with E-state index in [4.69, 9.17) is 5.73 Å². The summed E-state index contributed by atoms with van der Waals surface area (Å²) in [5.41, 5.74) is 5.76. The van der Waals surface area contributed by atoms with Crippen LogP contribution in [-0.2, 0) is 18.4 Å². The number of aromatic nitrogens is 3. The molecule has 1 heterocycles. The Morgan fingerprint density at radius 3 is 2.67 bits per heavy atom. The zero-order chi connectivity index (χ0) is 13.8. The summed E-state index contributed by atoms with van der Waals surface area (Å²) >= 11 is 0. The van der Waals surface area contributed by atoms with Crippen LogP contribution in [0, 0.1) is 11.3 Å². The van der Waals surface area contributed by atoms with E-state index in [9.17, 15) is 4.79 Å². The van der Waals surface area contributed by atoms with Crippen molar-refractivity contribution in [2.45, 2.75) is 33.7 Å². The first-order chi connectivity index (χ1) is 8.33. The molecule has 0 radical (unpaired) electrons. The second-order valence-electron chi connectivity index (χ2n) is 5.77. The van der Waals surface area contributed by atoms with Crippen molar-refractivity contribution < 1.29 is 4.79 Å². The van der Waals surface area contributed by atoms with Gasteiger partial charge in [-0.25, -0.2) is 0 Å². The Hall–Kier alpha value is -1.43. The average molecular weight is 253 g/mol. The predicted molar refractivity (Wildman–Crippen MR) is 69.5 cm³/mol. The number of hydrogen-bond acceptors (Lipinski definition) is 4. The summed E-state index contributed by atoms with van der Waals surface area (Å²) in [5, 5.41) is 10.5. The van der Waals surface area contributed by atoms with Gasteiger partial charge in [-0.2, -0.15) is 0 Å². The lowest BCUT2D eigenvalue weighted by atomic mass is 9.84. The van der Waals surface area contributed by atoms with Crippen molar-refractivity contribution >= 4 is 5.91 Å². The summed E-state index contributed by atoms with van der Waals surface area (Å²) in [5.74, 6) is 0.559. The molecule has 0 aromatic carbocycles. The Balaban J connectivity index is 2.51. The van der Waals surface area contributed by atoms with Gasteiger partial charge < -0.3 is 15.6 Å². The molecule has 0 saturated heterocycles. The van der Waals surface area contributed by atoms with Gasteiger partial charge in [0.2, 0.25) is 5.91 Å². The van der Waals surface area contributed by atoms with Gasteiger partial charge in [-0.15, -0.1) is 10.2 Å². The molecule has 1 aromatic rings. The van der Waals surface area contributed by atoms with Crippen LogP contribution in [0.3, 0.4) is 0 Å². The van der Waals surface area contributed by atoms with Crippen LogP contribution in [0.1, 0.15) is 33.0 Å².